The van der Waals surface area contributed by atoms with Gasteiger partial charge in [0, 0.05) is 29.6 Å². The minimum absolute atomic E-state index is 0.605. The highest BCUT2D eigenvalue weighted by Crippen LogP contribution is 2.30. The number of aromatic amines is 1. The Morgan fingerprint density at radius 3 is 2.80 bits per heavy atom. The summed E-state index contributed by atoms with van der Waals surface area (Å²) in [6.07, 6.45) is 7.22. The van der Waals surface area contributed by atoms with Crippen molar-refractivity contribution in [3.05, 3.63) is 42.1 Å². The first kappa shape index (κ1) is 15.2. The van der Waals surface area contributed by atoms with E-state index in [1.54, 1.807) is 0 Å². The fourth-order valence-corrected chi connectivity index (χ4v) is 3.93. The molecule has 1 aromatic carbocycles. The highest BCUT2D eigenvalue weighted by atomic mass is 16.3. The maximum Gasteiger partial charge on any atom is 0.153 e. The van der Waals surface area contributed by atoms with Gasteiger partial charge in [-0.25, -0.2) is 0 Å². The Balaban J connectivity index is 1.25. The summed E-state index contributed by atoms with van der Waals surface area (Å²) in [5.74, 6) is 0.860. The Labute approximate surface area is 147 Å². The number of aromatic nitrogens is 2. The van der Waals surface area contributed by atoms with Crippen LogP contribution < -0.4 is 5.32 Å². The second kappa shape index (κ2) is 6.32. The molecule has 0 amide bonds. The first-order valence-corrected chi connectivity index (χ1v) is 9.35. The molecule has 5 rings (SSSR count). The van der Waals surface area contributed by atoms with E-state index in [0.717, 1.165) is 35.0 Å². The van der Waals surface area contributed by atoms with Crippen LogP contribution in [0, 0.1) is 0 Å². The van der Waals surface area contributed by atoms with Crippen molar-refractivity contribution in [1.29, 1.82) is 0 Å². The van der Waals surface area contributed by atoms with Gasteiger partial charge in [0.05, 0.1) is 6.20 Å². The molecule has 3 aromatic rings. The van der Waals surface area contributed by atoms with Crippen molar-refractivity contribution in [2.75, 3.05) is 13.1 Å². The van der Waals surface area contributed by atoms with E-state index in [9.17, 15) is 0 Å². The summed E-state index contributed by atoms with van der Waals surface area (Å²) in [5, 5.41) is 12.2. The summed E-state index contributed by atoms with van der Waals surface area (Å²) in [4.78, 5) is 2.66. The van der Waals surface area contributed by atoms with Gasteiger partial charge in [0.25, 0.3) is 0 Å². The van der Waals surface area contributed by atoms with Gasteiger partial charge < -0.3 is 14.6 Å². The van der Waals surface area contributed by atoms with Gasteiger partial charge in [-0.2, -0.15) is 5.10 Å². The number of H-pyrrole nitrogens is 1. The molecule has 0 bridgehead atoms. The van der Waals surface area contributed by atoms with Crippen LogP contribution in [0.5, 0.6) is 0 Å². The van der Waals surface area contributed by atoms with Crippen LogP contribution >= 0.6 is 0 Å². The minimum atomic E-state index is 0.605. The molecule has 2 aliphatic rings. The van der Waals surface area contributed by atoms with Crippen molar-refractivity contribution in [2.24, 2.45) is 0 Å². The van der Waals surface area contributed by atoms with E-state index in [-0.39, 0.29) is 0 Å². The molecule has 1 saturated heterocycles. The van der Waals surface area contributed by atoms with Gasteiger partial charge >= 0.3 is 0 Å². The normalized spacial score (nSPS) is 19.7. The second-order valence-electron chi connectivity index (χ2n) is 7.34. The van der Waals surface area contributed by atoms with Crippen LogP contribution in [0.15, 0.2) is 40.9 Å². The molecule has 5 heteroatoms. The molecule has 25 heavy (non-hydrogen) atoms. The van der Waals surface area contributed by atoms with Crippen molar-refractivity contribution in [3.8, 4) is 11.5 Å². The third kappa shape index (κ3) is 3.10. The molecule has 2 aromatic heterocycles. The van der Waals surface area contributed by atoms with Gasteiger partial charge in [0.15, 0.2) is 5.76 Å². The van der Waals surface area contributed by atoms with E-state index in [1.165, 1.54) is 44.3 Å². The van der Waals surface area contributed by atoms with Gasteiger partial charge in [0.2, 0.25) is 0 Å². The smallest absolute Gasteiger partial charge is 0.153 e. The molecule has 2 fully saturated rings. The van der Waals surface area contributed by atoms with Gasteiger partial charge in [-0.15, -0.1) is 0 Å². The average molecular weight is 336 g/mol. The first-order valence-electron chi connectivity index (χ1n) is 9.35. The Morgan fingerprint density at radius 1 is 1.16 bits per heavy atom. The number of para-hydroxylation sites is 1. The molecule has 5 nitrogen and oxygen atoms in total. The number of piperidine rings is 1. The Kier molecular flexibility index (Phi) is 3.83. The average Bonchev–Trinajstić information content (AvgIpc) is 3.24. The number of nitrogens with one attached hydrogen (secondary N) is 2. The lowest BCUT2D eigenvalue weighted by Crippen LogP contribution is -2.43. The number of rotatable bonds is 5. The molecule has 0 unspecified atom stereocenters. The highest BCUT2D eigenvalue weighted by molar-refractivity contribution is 5.82. The molecule has 1 saturated carbocycles. The van der Waals surface area contributed by atoms with Crippen molar-refractivity contribution >= 4 is 11.0 Å². The van der Waals surface area contributed by atoms with E-state index in [2.05, 4.69) is 32.5 Å². The van der Waals surface area contributed by atoms with Crippen LogP contribution in [-0.4, -0.2) is 40.3 Å². The number of fused-ring (bicyclic) bond motifs is 1. The molecule has 0 radical (unpaired) electrons. The number of hydrogen-bond donors (Lipinski definition) is 2. The van der Waals surface area contributed by atoms with E-state index >= 15 is 0 Å². The fraction of sp³-hybridized carbons (Fsp3) is 0.450. The predicted molar refractivity (Wildman–Crippen MR) is 98.3 cm³/mol. The van der Waals surface area contributed by atoms with Gasteiger partial charge in [-0.3, -0.25) is 5.10 Å². The third-order valence-electron chi connectivity index (χ3n) is 5.56. The summed E-state index contributed by atoms with van der Waals surface area (Å²) in [6.45, 7) is 3.31. The fourth-order valence-electron chi connectivity index (χ4n) is 3.93. The predicted octanol–water partition coefficient (Wildman–Crippen LogP) is 3.54. The monoisotopic (exact) mass is 336 g/mol. The molecule has 0 atom stereocenters. The van der Waals surface area contributed by atoms with Crippen molar-refractivity contribution < 1.29 is 4.42 Å². The van der Waals surface area contributed by atoms with Crippen LogP contribution in [0.1, 0.15) is 31.2 Å². The summed E-state index contributed by atoms with van der Waals surface area (Å²) >= 11 is 0. The quantitative estimate of drug-likeness (QED) is 0.748. The number of hydrogen-bond acceptors (Lipinski definition) is 4. The summed E-state index contributed by atoms with van der Waals surface area (Å²) < 4.78 is 5.99. The standard InChI is InChI=1S/C20H24N4O/c1-2-4-18-14(3-1)11-19(25-18)20-15(13-22-23-20)12-21-16-7-9-24(10-8-16)17-5-6-17/h1-4,11,13,16-17,21H,5-10,12H2,(H,22,23). The number of furan rings is 1. The van der Waals surface area contributed by atoms with Crippen LogP contribution in [-0.2, 0) is 6.54 Å². The second-order valence-corrected chi connectivity index (χ2v) is 7.34. The zero-order chi connectivity index (χ0) is 16.6. The van der Waals surface area contributed by atoms with Crippen molar-refractivity contribution in [1.82, 2.24) is 20.4 Å². The summed E-state index contributed by atoms with van der Waals surface area (Å²) in [5.41, 5.74) is 3.07. The van der Waals surface area contributed by atoms with E-state index in [1.807, 2.05) is 24.4 Å². The Hall–Kier alpha value is -2.11. The maximum atomic E-state index is 5.99. The van der Waals surface area contributed by atoms with Gasteiger partial charge in [0.1, 0.15) is 11.3 Å². The molecule has 3 heterocycles. The van der Waals surface area contributed by atoms with Crippen LogP contribution in [0.2, 0.25) is 0 Å². The summed E-state index contributed by atoms with van der Waals surface area (Å²) in [7, 11) is 0. The third-order valence-corrected chi connectivity index (χ3v) is 5.56. The SMILES string of the molecule is c1ccc2oc(-c3[nH]ncc3CNC3CCN(C4CC4)CC3)cc2c1. The first-order chi connectivity index (χ1) is 12.4. The Bertz CT molecular complexity index is 822. The zero-order valence-electron chi connectivity index (χ0n) is 14.4. The number of benzene rings is 1. The van der Waals surface area contributed by atoms with Crippen LogP contribution in [0.4, 0.5) is 0 Å². The highest BCUT2D eigenvalue weighted by Gasteiger charge is 2.31. The number of likely N-dealkylation sites (tertiary alicyclic amines) is 1. The molecular weight excluding hydrogens is 312 g/mol. The lowest BCUT2D eigenvalue weighted by molar-refractivity contribution is 0.189. The van der Waals surface area contributed by atoms with Crippen LogP contribution in [0.3, 0.4) is 0 Å². The van der Waals surface area contributed by atoms with Crippen molar-refractivity contribution in [3.63, 3.8) is 0 Å². The van der Waals surface area contributed by atoms with Crippen molar-refractivity contribution in [2.45, 2.75) is 44.3 Å². The van der Waals surface area contributed by atoms with Gasteiger partial charge in [-0.1, -0.05) is 18.2 Å². The van der Waals surface area contributed by atoms with E-state index in [4.69, 9.17) is 4.42 Å². The topological polar surface area (TPSA) is 57.1 Å². The molecule has 1 aliphatic heterocycles. The lowest BCUT2D eigenvalue weighted by Gasteiger charge is -2.32. The molecule has 0 spiro atoms. The van der Waals surface area contributed by atoms with Gasteiger partial charge in [-0.05, 0) is 50.9 Å². The summed E-state index contributed by atoms with van der Waals surface area (Å²) in [6, 6.07) is 11.7. The minimum Gasteiger partial charge on any atom is -0.454 e. The largest absolute Gasteiger partial charge is 0.454 e. The Morgan fingerprint density at radius 2 is 2.00 bits per heavy atom. The zero-order valence-corrected chi connectivity index (χ0v) is 14.4. The number of nitrogens with zero attached hydrogens (tertiary/aromatic N) is 2. The van der Waals surface area contributed by atoms with E-state index < -0.39 is 0 Å². The lowest BCUT2D eigenvalue weighted by atomic mass is 10.0. The maximum absolute atomic E-state index is 5.99. The molecule has 1 aliphatic carbocycles. The molecular formula is C20H24N4O. The van der Waals surface area contributed by atoms with Crippen LogP contribution in [0.25, 0.3) is 22.4 Å². The molecule has 130 valence electrons. The molecule has 2 N–H and O–H groups in total. The van der Waals surface area contributed by atoms with E-state index in [0.29, 0.717) is 6.04 Å².